The van der Waals surface area contributed by atoms with E-state index in [9.17, 15) is 4.79 Å². The molecule has 0 aromatic carbocycles. The topological polar surface area (TPSA) is 75.0 Å². The van der Waals surface area contributed by atoms with Crippen LogP contribution in [0.4, 0.5) is 0 Å². The summed E-state index contributed by atoms with van der Waals surface area (Å²) in [7, 11) is 0. The van der Waals surface area contributed by atoms with Crippen molar-refractivity contribution in [3.05, 3.63) is 72.0 Å². The van der Waals surface area contributed by atoms with Crippen molar-refractivity contribution < 1.29 is 9.21 Å². The molecule has 1 aliphatic carbocycles. The van der Waals surface area contributed by atoms with Crippen molar-refractivity contribution in [2.45, 2.75) is 24.8 Å². The van der Waals surface area contributed by atoms with Crippen molar-refractivity contribution in [1.82, 2.24) is 19.9 Å². The molecule has 25 heavy (non-hydrogen) atoms. The van der Waals surface area contributed by atoms with Gasteiger partial charge in [-0.15, -0.1) is 0 Å². The minimum atomic E-state index is -0.172. The number of hydrogen-bond acceptors (Lipinski definition) is 4. The Balaban J connectivity index is 1.47. The van der Waals surface area contributed by atoms with Crippen LogP contribution in [0.25, 0.3) is 0 Å². The molecule has 0 saturated heterocycles. The third-order valence-electron chi connectivity index (χ3n) is 5.22. The number of nitrogens with one attached hydrogen (secondary N) is 1. The van der Waals surface area contributed by atoms with Crippen LogP contribution >= 0.6 is 0 Å². The van der Waals surface area contributed by atoms with Gasteiger partial charge in [0.25, 0.3) is 0 Å². The second kappa shape index (κ2) is 5.58. The Kier molecular flexibility index (Phi) is 3.23. The number of aromatic nitrogens is 3. The van der Waals surface area contributed by atoms with E-state index in [1.807, 2.05) is 35.4 Å². The molecule has 6 nitrogen and oxygen atoms in total. The number of H-pyrrole nitrogens is 1. The molecule has 3 aromatic rings. The lowest BCUT2D eigenvalue weighted by atomic mass is 9.96. The van der Waals surface area contributed by atoms with Crippen LogP contribution in [0.5, 0.6) is 0 Å². The van der Waals surface area contributed by atoms with Crippen molar-refractivity contribution in [2.75, 3.05) is 6.54 Å². The van der Waals surface area contributed by atoms with Gasteiger partial charge in [-0.1, -0.05) is 6.07 Å². The summed E-state index contributed by atoms with van der Waals surface area (Å²) in [6, 6.07) is 7.58. The van der Waals surface area contributed by atoms with E-state index in [2.05, 4.69) is 15.0 Å². The van der Waals surface area contributed by atoms with Crippen molar-refractivity contribution in [3.63, 3.8) is 0 Å². The van der Waals surface area contributed by atoms with Crippen molar-refractivity contribution in [1.29, 1.82) is 0 Å². The molecule has 3 aromatic heterocycles. The number of carbonyl (C=O) groups is 1. The monoisotopic (exact) mass is 334 g/mol. The Morgan fingerprint density at radius 3 is 3.08 bits per heavy atom. The van der Waals surface area contributed by atoms with Gasteiger partial charge < -0.3 is 14.3 Å². The maximum Gasteiger partial charge on any atom is 0.227 e. The molecule has 1 N–H and O–H groups in total. The molecule has 3 atom stereocenters. The van der Waals surface area contributed by atoms with Crippen LogP contribution in [0.1, 0.15) is 41.1 Å². The predicted octanol–water partition coefficient (Wildman–Crippen LogP) is 2.68. The molecule has 5 rings (SSSR count). The lowest BCUT2D eigenvalue weighted by Gasteiger charge is -2.35. The number of imidazole rings is 1. The molecule has 6 heteroatoms. The quantitative estimate of drug-likeness (QED) is 0.799. The average molecular weight is 334 g/mol. The van der Waals surface area contributed by atoms with Crippen LogP contribution in [0.2, 0.25) is 0 Å². The lowest BCUT2D eigenvalue weighted by Crippen LogP contribution is -2.41. The van der Waals surface area contributed by atoms with E-state index >= 15 is 0 Å². The summed E-state index contributed by atoms with van der Waals surface area (Å²) >= 11 is 0. The first-order chi connectivity index (χ1) is 12.3. The molecule has 1 unspecified atom stereocenters. The predicted molar refractivity (Wildman–Crippen MR) is 89.6 cm³/mol. The Morgan fingerprint density at radius 2 is 2.28 bits per heavy atom. The molecule has 1 amide bonds. The van der Waals surface area contributed by atoms with Crippen LogP contribution in [0.3, 0.4) is 0 Å². The van der Waals surface area contributed by atoms with Crippen molar-refractivity contribution >= 4 is 5.91 Å². The van der Waals surface area contributed by atoms with Gasteiger partial charge in [-0.3, -0.25) is 9.78 Å². The van der Waals surface area contributed by atoms with E-state index < -0.39 is 0 Å². The largest absolute Gasteiger partial charge is 0.469 e. The van der Waals surface area contributed by atoms with Crippen LogP contribution < -0.4 is 0 Å². The number of pyridine rings is 1. The molecule has 0 spiro atoms. The summed E-state index contributed by atoms with van der Waals surface area (Å²) in [5.74, 6) is 1.31. The highest BCUT2D eigenvalue weighted by atomic mass is 16.3. The first-order valence-electron chi connectivity index (χ1n) is 8.59. The van der Waals surface area contributed by atoms with E-state index in [-0.39, 0.29) is 23.8 Å². The summed E-state index contributed by atoms with van der Waals surface area (Å²) in [5, 5.41) is 0. The second-order valence-electron chi connectivity index (χ2n) is 6.70. The normalized spacial score (nSPS) is 24.8. The maximum atomic E-state index is 13.2. The van der Waals surface area contributed by atoms with Gasteiger partial charge >= 0.3 is 0 Å². The van der Waals surface area contributed by atoms with Crippen LogP contribution in [0, 0.1) is 5.92 Å². The molecule has 4 heterocycles. The second-order valence-corrected chi connectivity index (χ2v) is 6.70. The van der Waals surface area contributed by atoms with E-state index in [0.29, 0.717) is 6.54 Å². The van der Waals surface area contributed by atoms with E-state index in [4.69, 9.17) is 4.42 Å². The van der Waals surface area contributed by atoms with Gasteiger partial charge in [-0.25, -0.2) is 4.98 Å². The fourth-order valence-electron chi connectivity index (χ4n) is 3.89. The molecule has 1 aliphatic heterocycles. The van der Waals surface area contributed by atoms with E-state index in [1.54, 1.807) is 18.8 Å². The SMILES string of the molecule is O=C([C@@H]1C[C@H]1c1ccco1)N1CCc2[nH]cnc2C1c1cccnc1. The molecule has 1 fully saturated rings. The molecule has 0 radical (unpaired) electrons. The number of carbonyl (C=O) groups excluding carboxylic acids is 1. The standard InChI is InChI=1S/C19H18N4O2/c24-19(14-9-13(14)16-4-2-8-25-16)23-7-5-15-17(22-11-21-15)18(23)12-3-1-6-20-10-12/h1-4,6,8,10-11,13-14,18H,5,7,9H2,(H,21,22)/t13-,14-,18?/m1/s1. The maximum absolute atomic E-state index is 13.2. The first-order valence-corrected chi connectivity index (χ1v) is 8.59. The molecule has 2 aliphatic rings. The van der Waals surface area contributed by atoms with E-state index in [0.717, 1.165) is 35.6 Å². The van der Waals surface area contributed by atoms with Crippen LogP contribution in [-0.2, 0) is 11.2 Å². The summed E-state index contributed by atoms with van der Waals surface area (Å²) in [4.78, 5) is 27.1. The number of rotatable bonds is 3. The number of aromatic amines is 1. The van der Waals surface area contributed by atoms with Gasteiger partial charge in [-0.05, 0) is 30.2 Å². The minimum absolute atomic E-state index is 0.00538. The summed E-state index contributed by atoms with van der Waals surface area (Å²) in [5.41, 5.74) is 3.04. The first kappa shape index (κ1) is 14.5. The van der Waals surface area contributed by atoms with Gasteiger partial charge in [0.15, 0.2) is 0 Å². The third kappa shape index (κ3) is 2.36. The van der Waals surface area contributed by atoms with Gasteiger partial charge in [0.1, 0.15) is 11.8 Å². The zero-order chi connectivity index (χ0) is 16.8. The Bertz CT molecular complexity index is 887. The highest BCUT2D eigenvalue weighted by Crippen LogP contribution is 2.50. The van der Waals surface area contributed by atoms with Gasteiger partial charge in [0.05, 0.1) is 18.3 Å². The third-order valence-corrected chi connectivity index (χ3v) is 5.22. The summed E-state index contributed by atoms with van der Waals surface area (Å²) in [6.45, 7) is 0.689. The highest BCUT2D eigenvalue weighted by molar-refractivity contribution is 5.84. The molecule has 126 valence electrons. The molecular weight excluding hydrogens is 316 g/mol. The summed E-state index contributed by atoms with van der Waals surface area (Å²) in [6.07, 6.45) is 8.62. The zero-order valence-corrected chi connectivity index (χ0v) is 13.6. The van der Waals surface area contributed by atoms with E-state index in [1.165, 1.54) is 0 Å². The lowest BCUT2D eigenvalue weighted by molar-refractivity contribution is -0.134. The van der Waals surface area contributed by atoms with Gasteiger partial charge in [0, 0.05) is 42.9 Å². The number of hydrogen-bond donors (Lipinski definition) is 1. The fraction of sp³-hybridized carbons (Fsp3) is 0.316. The van der Waals surface area contributed by atoms with Crippen molar-refractivity contribution in [2.24, 2.45) is 5.92 Å². The van der Waals surface area contributed by atoms with Gasteiger partial charge in [-0.2, -0.15) is 0 Å². The van der Waals surface area contributed by atoms with Crippen molar-refractivity contribution in [3.8, 4) is 0 Å². The average Bonchev–Trinajstić information content (AvgIpc) is 3.06. The minimum Gasteiger partial charge on any atom is -0.469 e. The highest BCUT2D eigenvalue weighted by Gasteiger charge is 2.49. The number of nitrogens with zero attached hydrogens (tertiary/aromatic N) is 3. The Morgan fingerprint density at radius 1 is 1.32 bits per heavy atom. The Labute approximate surface area is 144 Å². The van der Waals surface area contributed by atoms with Gasteiger partial charge in [0.2, 0.25) is 5.91 Å². The number of amides is 1. The number of furan rings is 1. The number of fused-ring (bicyclic) bond motifs is 1. The zero-order valence-electron chi connectivity index (χ0n) is 13.6. The Hall–Kier alpha value is -2.89. The fourth-order valence-corrected chi connectivity index (χ4v) is 3.89. The summed E-state index contributed by atoms with van der Waals surface area (Å²) < 4.78 is 5.48. The molecular formula is C19H18N4O2. The molecule has 1 saturated carbocycles. The van der Waals surface area contributed by atoms with Crippen LogP contribution in [0.15, 0.2) is 53.7 Å². The smallest absolute Gasteiger partial charge is 0.227 e. The van der Waals surface area contributed by atoms with Crippen LogP contribution in [-0.4, -0.2) is 32.3 Å². The molecule has 0 bridgehead atoms.